The number of hydrogen-bond donors (Lipinski definition) is 1. The van der Waals surface area contributed by atoms with Crippen LogP contribution in [0.4, 0.5) is 4.39 Å². The highest BCUT2D eigenvalue weighted by Crippen LogP contribution is 2.34. The summed E-state index contributed by atoms with van der Waals surface area (Å²) in [6.07, 6.45) is 2.55. The van der Waals surface area contributed by atoms with Crippen LogP contribution < -0.4 is 10.5 Å². The van der Waals surface area contributed by atoms with E-state index >= 15 is 0 Å². The molecule has 8 nitrogen and oxygen atoms in total. The van der Waals surface area contributed by atoms with Crippen LogP contribution in [0.1, 0.15) is 46.7 Å². The van der Waals surface area contributed by atoms with E-state index in [1.54, 1.807) is 36.6 Å². The summed E-state index contributed by atoms with van der Waals surface area (Å²) in [5.74, 6) is -2.88. The average Bonchev–Trinajstić information content (AvgIpc) is 3.20. The van der Waals surface area contributed by atoms with Crippen molar-refractivity contribution in [1.29, 1.82) is 0 Å². The summed E-state index contributed by atoms with van der Waals surface area (Å²) < 4.78 is 26.0. The van der Waals surface area contributed by atoms with Gasteiger partial charge < -0.3 is 19.6 Å². The summed E-state index contributed by atoms with van der Waals surface area (Å²) in [7, 11) is 0. The quantitative estimate of drug-likeness (QED) is 0.192. The molecule has 0 aliphatic heterocycles. The lowest BCUT2D eigenvalue weighted by atomic mass is 9.94. The SMILES string of the molecule is CCOC(=O)COc1nc(C)cn2c(Cc3ccccc3-c3ccc(F)cc3)c(CC)c(C(=O)C(N)=O)c12. The minimum Gasteiger partial charge on any atom is -0.464 e. The first kappa shape index (κ1) is 26.5. The second-order valence-corrected chi connectivity index (χ2v) is 8.69. The Labute approximate surface area is 219 Å². The molecule has 1 amide bonds. The van der Waals surface area contributed by atoms with Crippen molar-refractivity contribution >= 4 is 23.2 Å². The van der Waals surface area contributed by atoms with Crippen LogP contribution in [0.2, 0.25) is 0 Å². The van der Waals surface area contributed by atoms with Crippen LogP contribution in [0.15, 0.2) is 54.7 Å². The number of Topliss-reactive ketones (excluding diaryl/α,β-unsaturated/α-hetero) is 1. The van der Waals surface area contributed by atoms with Gasteiger partial charge in [0.1, 0.15) is 11.3 Å². The largest absolute Gasteiger partial charge is 0.464 e. The van der Waals surface area contributed by atoms with Gasteiger partial charge in [-0.1, -0.05) is 43.3 Å². The molecule has 0 aliphatic carbocycles. The number of carbonyl (C=O) groups excluding carboxylic acids is 3. The minimum absolute atomic E-state index is 0.0235. The Morgan fingerprint density at radius 3 is 2.42 bits per heavy atom. The van der Waals surface area contributed by atoms with Crippen molar-refractivity contribution in [3.8, 4) is 17.0 Å². The van der Waals surface area contributed by atoms with Crippen molar-refractivity contribution in [2.24, 2.45) is 5.73 Å². The fraction of sp³-hybridized carbons (Fsp3) is 0.241. The van der Waals surface area contributed by atoms with Crippen LogP contribution in [0.5, 0.6) is 5.88 Å². The lowest BCUT2D eigenvalue weighted by Gasteiger charge is -2.13. The van der Waals surface area contributed by atoms with Gasteiger partial charge in [-0.3, -0.25) is 9.59 Å². The van der Waals surface area contributed by atoms with E-state index < -0.39 is 24.3 Å². The van der Waals surface area contributed by atoms with Crippen molar-refractivity contribution in [3.63, 3.8) is 0 Å². The molecular formula is C29H28FN3O5. The molecule has 196 valence electrons. The molecule has 0 saturated heterocycles. The lowest BCUT2D eigenvalue weighted by molar-refractivity contribution is -0.145. The molecule has 0 atom stereocenters. The topological polar surface area (TPSA) is 113 Å². The molecule has 4 aromatic rings. The maximum atomic E-state index is 13.6. The zero-order valence-corrected chi connectivity index (χ0v) is 21.4. The zero-order valence-electron chi connectivity index (χ0n) is 21.4. The summed E-state index contributed by atoms with van der Waals surface area (Å²) >= 11 is 0. The molecule has 4 rings (SSSR count). The third-order valence-electron chi connectivity index (χ3n) is 6.18. The fourth-order valence-electron chi connectivity index (χ4n) is 4.61. The van der Waals surface area contributed by atoms with Crippen molar-refractivity contribution in [1.82, 2.24) is 9.38 Å². The minimum atomic E-state index is -1.11. The van der Waals surface area contributed by atoms with Gasteiger partial charge in [0.25, 0.3) is 11.7 Å². The smallest absolute Gasteiger partial charge is 0.344 e. The Balaban J connectivity index is 1.93. The number of amides is 1. The molecule has 9 heteroatoms. The molecule has 0 aliphatic rings. The molecule has 2 heterocycles. The third kappa shape index (κ3) is 5.27. The van der Waals surface area contributed by atoms with Gasteiger partial charge in [0.05, 0.1) is 17.9 Å². The van der Waals surface area contributed by atoms with Crippen molar-refractivity contribution < 1.29 is 28.2 Å². The van der Waals surface area contributed by atoms with Crippen LogP contribution in [0, 0.1) is 12.7 Å². The molecule has 0 spiro atoms. The Morgan fingerprint density at radius 1 is 1.05 bits per heavy atom. The van der Waals surface area contributed by atoms with Crippen molar-refractivity contribution in [2.75, 3.05) is 13.2 Å². The Hall–Kier alpha value is -4.53. The van der Waals surface area contributed by atoms with Crippen LogP contribution in [0.3, 0.4) is 0 Å². The normalized spacial score (nSPS) is 10.9. The van der Waals surface area contributed by atoms with E-state index in [0.717, 1.165) is 22.4 Å². The van der Waals surface area contributed by atoms with Gasteiger partial charge in [-0.15, -0.1) is 0 Å². The molecule has 2 aromatic carbocycles. The number of primary amides is 1. The number of halogens is 1. The van der Waals surface area contributed by atoms with Gasteiger partial charge >= 0.3 is 5.97 Å². The maximum absolute atomic E-state index is 13.6. The fourth-order valence-corrected chi connectivity index (χ4v) is 4.61. The van der Waals surface area contributed by atoms with Gasteiger partial charge in [0, 0.05) is 18.3 Å². The number of nitrogens with two attached hydrogens (primary N) is 1. The standard InChI is InChI=1S/C29H28FN3O5/c1-4-21-23(14-19-8-6-7-9-22(19)18-10-12-20(30)13-11-18)33-15-17(3)32-29(38-16-24(34)37-5-2)26(33)25(21)27(35)28(31)36/h6-13,15H,4-5,14,16H2,1-3H3,(H2,31,36). The summed E-state index contributed by atoms with van der Waals surface area (Å²) in [4.78, 5) is 41.6. The van der Waals surface area contributed by atoms with E-state index in [1.807, 2.05) is 31.2 Å². The predicted molar refractivity (Wildman–Crippen MR) is 140 cm³/mol. The number of carbonyl (C=O) groups is 3. The number of esters is 1. The molecule has 2 N–H and O–H groups in total. The second kappa shape index (κ2) is 11.2. The number of nitrogens with zero attached hydrogens (tertiary/aromatic N) is 2. The maximum Gasteiger partial charge on any atom is 0.344 e. The number of ketones is 1. The van der Waals surface area contributed by atoms with E-state index in [4.69, 9.17) is 15.2 Å². The van der Waals surface area contributed by atoms with Crippen molar-refractivity contribution in [2.45, 2.75) is 33.6 Å². The summed E-state index contributed by atoms with van der Waals surface area (Å²) in [6, 6.07) is 13.9. The molecule has 2 aromatic heterocycles. The number of rotatable bonds is 10. The average molecular weight is 518 g/mol. The number of hydrogen-bond acceptors (Lipinski definition) is 6. The number of benzene rings is 2. The van der Waals surface area contributed by atoms with E-state index in [2.05, 4.69) is 4.98 Å². The van der Waals surface area contributed by atoms with Gasteiger partial charge in [-0.05, 0) is 54.7 Å². The van der Waals surface area contributed by atoms with Crippen LogP contribution in [-0.2, 0) is 27.2 Å². The number of ether oxygens (including phenoxy) is 2. The summed E-state index contributed by atoms with van der Waals surface area (Å²) in [5.41, 5.74) is 10.4. The van der Waals surface area contributed by atoms with Crippen LogP contribution in [0.25, 0.3) is 16.6 Å². The molecule has 0 saturated carbocycles. The van der Waals surface area contributed by atoms with Gasteiger partial charge in [-0.2, -0.15) is 0 Å². The van der Waals surface area contributed by atoms with E-state index in [0.29, 0.717) is 24.1 Å². The van der Waals surface area contributed by atoms with Crippen LogP contribution in [-0.4, -0.2) is 40.3 Å². The molecule has 38 heavy (non-hydrogen) atoms. The Kier molecular flexibility index (Phi) is 7.85. The Morgan fingerprint density at radius 2 is 1.76 bits per heavy atom. The first-order valence-electron chi connectivity index (χ1n) is 12.2. The molecular weight excluding hydrogens is 489 g/mol. The van der Waals surface area contributed by atoms with Gasteiger partial charge in [0.15, 0.2) is 6.61 Å². The highest BCUT2D eigenvalue weighted by Gasteiger charge is 2.29. The molecule has 0 fully saturated rings. The lowest BCUT2D eigenvalue weighted by Crippen LogP contribution is -2.24. The molecule has 0 radical (unpaired) electrons. The number of aryl methyl sites for hydroxylation is 1. The highest BCUT2D eigenvalue weighted by molar-refractivity contribution is 6.44. The van der Waals surface area contributed by atoms with Crippen LogP contribution >= 0.6 is 0 Å². The first-order chi connectivity index (χ1) is 18.2. The van der Waals surface area contributed by atoms with E-state index in [-0.39, 0.29) is 29.4 Å². The van der Waals surface area contributed by atoms with Crippen molar-refractivity contribution in [3.05, 3.63) is 88.6 Å². The summed E-state index contributed by atoms with van der Waals surface area (Å²) in [6.45, 7) is 5.09. The van der Waals surface area contributed by atoms with E-state index in [9.17, 15) is 18.8 Å². The zero-order chi connectivity index (χ0) is 27.4. The first-order valence-corrected chi connectivity index (χ1v) is 12.2. The van der Waals surface area contributed by atoms with Gasteiger partial charge in [-0.25, -0.2) is 14.2 Å². The molecule has 0 bridgehead atoms. The number of fused-ring (bicyclic) bond motifs is 1. The monoisotopic (exact) mass is 517 g/mol. The summed E-state index contributed by atoms with van der Waals surface area (Å²) in [5, 5.41) is 0. The van der Waals surface area contributed by atoms with E-state index in [1.165, 1.54) is 12.1 Å². The molecule has 0 unspecified atom stereocenters. The number of aromatic nitrogens is 2. The third-order valence-corrected chi connectivity index (χ3v) is 6.18. The second-order valence-electron chi connectivity index (χ2n) is 8.69. The Bertz CT molecular complexity index is 1530. The van der Waals surface area contributed by atoms with Gasteiger partial charge in [0.2, 0.25) is 5.88 Å². The highest BCUT2D eigenvalue weighted by atomic mass is 19.1. The predicted octanol–water partition coefficient (Wildman–Crippen LogP) is 4.21.